The SMILES string of the molecule is C.CCN.N#CCC1(n2cc(C(N)=O)c(N)n2)CCC2(CC1)OCCO2.N#CCC1(n2cc(C(N)=O)c(NC(=O)C3CC3)n2)CCC2(CC1)OCCO2.O=C(Cl)C1CC1.[C-]#[N+]CC1(n2cc(C(N)=O)c(NC(=O)C3CC3)n2)CCC(=O)CC1.[C-]#[N+]CC1(n2cc(C(N)=O)c(NC(=O)C3CC3)n2)CCC(NCC)CC1.[C-]#[N+]CC1(n2cc(C(N)=O)c(NC(=O)C3CC3)n2)CCC(NCC)CC1. The number of nitrogen functional groups attached to an aromatic ring is 1. The van der Waals surface area contributed by atoms with Gasteiger partial charge in [0.1, 0.15) is 50.2 Å². The van der Waals surface area contributed by atoms with E-state index in [4.69, 9.17) is 90.4 Å². The Hall–Kier alpha value is -12.1. The van der Waals surface area contributed by atoms with Gasteiger partial charge in [0.15, 0.2) is 40.7 Å². The van der Waals surface area contributed by atoms with Gasteiger partial charge in [-0.15, -0.1) is 0 Å². The van der Waals surface area contributed by atoms with E-state index in [1.165, 1.54) is 6.20 Å². The molecule has 10 saturated carbocycles. The molecule has 0 unspecified atom stereocenters. The summed E-state index contributed by atoms with van der Waals surface area (Å²) in [4.78, 5) is 139. The van der Waals surface area contributed by atoms with Crippen LogP contribution in [0.2, 0.25) is 0 Å². The monoisotopic (exact) mass is 1890 g/mol. The molecule has 5 aromatic heterocycles. The van der Waals surface area contributed by atoms with Gasteiger partial charge in [0, 0.05) is 111 Å². The van der Waals surface area contributed by atoms with E-state index < -0.39 is 68.8 Å². The summed E-state index contributed by atoms with van der Waals surface area (Å²) in [6.07, 6.45) is 31.1. The molecule has 5 aromatic rings. The van der Waals surface area contributed by atoms with Gasteiger partial charge in [0.2, 0.25) is 48.5 Å². The molecule has 12 fully saturated rings. The number of nitrogens with one attached hydrogen (secondary N) is 6. The summed E-state index contributed by atoms with van der Waals surface area (Å²) < 4.78 is 31.2. The van der Waals surface area contributed by atoms with Gasteiger partial charge < -0.3 is 106 Å². The smallest absolute Gasteiger partial charge is 0.254 e. The number of ketones is 1. The van der Waals surface area contributed by atoms with Crippen LogP contribution in [0.1, 0.15) is 285 Å². The Morgan fingerprint density at radius 2 is 0.667 bits per heavy atom. The van der Waals surface area contributed by atoms with Crippen molar-refractivity contribution in [3.63, 3.8) is 0 Å². The molecule has 20 N–H and O–H groups in total. The molecule has 0 bridgehead atoms. The van der Waals surface area contributed by atoms with E-state index in [-0.39, 0.29) is 148 Å². The number of rotatable bonds is 28. The van der Waals surface area contributed by atoms with Gasteiger partial charge in [-0.1, -0.05) is 28.2 Å². The predicted octanol–water partition coefficient (Wildman–Crippen LogP) is 7.59. The number of nitrogens with two attached hydrogens (primary N) is 7. The summed E-state index contributed by atoms with van der Waals surface area (Å²) in [5.41, 5.74) is 36.0. The van der Waals surface area contributed by atoms with Crippen molar-refractivity contribution in [1.82, 2.24) is 59.5 Å². The number of primary amides is 5. The lowest BCUT2D eigenvalue weighted by Gasteiger charge is -2.42. The maximum atomic E-state index is 12.1. The number of amides is 9. The highest BCUT2D eigenvalue weighted by Crippen LogP contribution is 2.49. The Bertz CT molecular complexity index is 5140. The lowest BCUT2D eigenvalue weighted by atomic mass is 9.77. The number of nitrogens with zero attached hydrogens (tertiary/aromatic N) is 15. The highest BCUT2D eigenvalue weighted by molar-refractivity contribution is 6.64. The fraction of sp³-hybridized carbons (Fsp3) is 0.659. The number of anilines is 5. The van der Waals surface area contributed by atoms with Crippen LogP contribution in [0.5, 0.6) is 0 Å². The Morgan fingerprint density at radius 1 is 0.415 bits per heavy atom. The number of nitriles is 2. The molecule has 43 nitrogen and oxygen atoms in total. The molecule has 2 aliphatic heterocycles. The second kappa shape index (κ2) is 46.4. The third kappa shape index (κ3) is 26.5. The van der Waals surface area contributed by atoms with Crippen LogP contribution in [-0.2, 0) is 75.4 Å². The Balaban J connectivity index is 0.000000170. The maximum absolute atomic E-state index is 12.1. The standard InChI is InChI=1S/2C18H26N6O2.C18H23N5O4.C16H19N5O3.C14H19N5O3.C4H5ClO.C2H7N.CH4/c2*1-3-21-13-6-8-18(9-7-13,11-20-2)24-10-14(15(19)25)16(23-24)22-17(26)12-4-5-12;19-8-7-17(3-5-18(6-4-17)26-9-10-27-18)23-11-13(14(20)24)15(22-23)21-16(25)12-1-2-12;1-18-9-16(6-4-11(22)5-7-16)21-8-12(13(17)23)14(20-21)19-15(24)10-2-3-10;15-6-5-13(19-9-10(12(17)20)11(16)18-19)1-3-14(4-2-13)21-7-8-22-14;5-4(6)3-1-2-3;1-2-3;/h2*10,12-13,21H,3-9,11H2,1H3,(H2,19,25)(H,22,23,26);11-12H,1-7,9-10H2,(H2,20,24)(H,21,22,25);8,10H,2-7,9H2,(H2,17,23)(H,19,20,24);9H,1-5,7-8H2,(H2,16,18)(H2,17,20);3H,1-2H2;2-3H2,1H3;1H4. The van der Waals surface area contributed by atoms with Crippen LogP contribution >= 0.6 is 11.6 Å². The van der Waals surface area contributed by atoms with Crippen molar-refractivity contribution in [2.45, 2.75) is 285 Å². The second-order valence-electron chi connectivity index (χ2n) is 36.7. The zero-order valence-electron chi connectivity index (χ0n) is 76.4. The van der Waals surface area contributed by atoms with Crippen molar-refractivity contribution >= 4 is 105 Å². The second-order valence-corrected chi connectivity index (χ2v) is 37.1. The fourth-order valence-electron chi connectivity index (χ4n) is 18.1. The van der Waals surface area contributed by atoms with Gasteiger partial charge in [0.05, 0.1) is 62.5 Å². The highest BCUT2D eigenvalue weighted by atomic mass is 35.5. The topological polar surface area (TPSA) is 629 Å². The van der Waals surface area contributed by atoms with Gasteiger partial charge >= 0.3 is 0 Å². The van der Waals surface area contributed by atoms with E-state index in [9.17, 15) is 63.3 Å². The van der Waals surface area contributed by atoms with Gasteiger partial charge in [-0.05, 0) is 185 Å². The molecule has 17 rings (SSSR count). The summed E-state index contributed by atoms with van der Waals surface area (Å²) in [5, 5.41) is 58.2. The van der Waals surface area contributed by atoms with Crippen molar-refractivity contribution < 1.29 is 71.7 Å². The first-order chi connectivity index (χ1) is 64.1. The normalized spacial score (nSPS) is 23.3. The third-order valence-corrected chi connectivity index (χ3v) is 27.3. The molecule has 0 radical (unpaired) electrons. The molecule has 0 aromatic carbocycles. The van der Waals surface area contributed by atoms with Crippen molar-refractivity contribution in [1.29, 1.82) is 10.5 Å². The lowest BCUT2D eigenvalue weighted by Crippen LogP contribution is -2.45. The molecule has 7 heterocycles. The zero-order valence-corrected chi connectivity index (χ0v) is 77.1. The van der Waals surface area contributed by atoms with E-state index in [0.29, 0.717) is 129 Å². The van der Waals surface area contributed by atoms with Crippen molar-refractivity contribution in [2.24, 2.45) is 64.0 Å². The zero-order chi connectivity index (χ0) is 96.9. The number of hydrogen-bond acceptors (Lipinski definition) is 26. The molecule has 10 aliphatic carbocycles. The number of carbonyl (C=O) groups excluding carboxylic acids is 11. The minimum Gasteiger partial charge on any atom is -0.382 e. The summed E-state index contributed by atoms with van der Waals surface area (Å²) in [7, 11) is 0. The largest absolute Gasteiger partial charge is 0.382 e. The number of carbonyl (C=O) groups is 11. The molecule has 730 valence electrons. The molecule has 2 saturated heterocycles. The lowest BCUT2D eigenvalue weighted by molar-refractivity contribution is -0.190. The van der Waals surface area contributed by atoms with E-state index >= 15 is 0 Å². The Morgan fingerprint density at radius 3 is 0.889 bits per heavy atom. The van der Waals surface area contributed by atoms with E-state index in [0.717, 1.165) is 135 Å². The van der Waals surface area contributed by atoms with Crippen molar-refractivity contribution in [3.05, 3.63) is 93.1 Å². The maximum Gasteiger partial charge on any atom is 0.254 e. The number of aromatic nitrogens is 10. The Kier molecular flexibility index (Phi) is 36.1. The van der Waals surface area contributed by atoms with Crippen LogP contribution in [0.4, 0.5) is 29.1 Å². The van der Waals surface area contributed by atoms with Crippen LogP contribution in [-0.4, -0.2) is 202 Å². The Labute approximate surface area is 789 Å². The van der Waals surface area contributed by atoms with Crippen LogP contribution in [0.3, 0.4) is 0 Å². The van der Waals surface area contributed by atoms with Gasteiger partial charge in [-0.3, -0.25) is 76.1 Å². The van der Waals surface area contributed by atoms with Crippen LogP contribution in [0.15, 0.2) is 31.0 Å². The molecule has 135 heavy (non-hydrogen) atoms. The van der Waals surface area contributed by atoms with Crippen molar-refractivity contribution in [3.8, 4) is 12.1 Å². The first-order valence-corrected chi connectivity index (χ1v) is 46.7. The number of Topliss-reactive ketones (excluding diaryl/α,β-unsaturated/α-hetero) is 1. The molecular formula is C91H129ClN28O15. The van der Waals surface area contributed by atoms with Gasteiger partial charge in [0.25, 0.3) is 29.5 Å². The van der Waals surface area contributed by atoms with Crippen molar-refractivity contribution in [2.75, 3.05) is 92.7 Å². The van der Waals surface area contributed by atoms with Crippen LogP contribution < -0.4 is 72.0 Å². The van der Waals surface area contributed by atoms with Crippen LogP contribution in [0.25, 0.3) is 14.5 Å². The van der Waals surface area contributed by atoms with E-state index in [1.807, 2.05) is 6.92 Å². The summed E-state index contributed by atoms with van der Waals surface area (Å²) >= 11 is 5.04. The summed E-state index contributed by atoms with van der Waals surface area (Å²) in [5.74, 6) is -3.64. The average Bonchev–Trinajstić information content (AvgIpc) is 1.64. The molecular weight excluding hydrogens is 1760 g/mol. The summed E-state index contributed by atoms with van der Waals surface area (Å²) in [6, 6.07) is 5.34. The minimum atomic E-state index is -0.683. The summed E-state index contributed by atoms with van der Waals surface area (Å²) in [6.45, 7) is 33.8. The van der Waals surface area contributed by atoms with E-state index in [2.05, 4.69) is 97.9 Å². The van der Waals surface area contributed by atoms with Gasteiger partial charge in [-0.25, -0.2) is 19.7 Å². The molecule has 9 amide bonds. The van der Waals surface area contributed by atoms with Crippen LogP contribution in [0, 0.1) is 72.0 Å². The molecule has 2 spiro atoms. The molecule has 0 atom stereocenters. The highest BCUT2D eigenvalue weighted by Gasteiger charge is 2.52. The number of halogens is 1. The average molecular weight is 1890 g/mol. The minimum absolute atomic E-state index is 0. The first kappa shape index (κ1) is 105. The third-order valence-electron chi connectivity index (χ3n) is 27.0. The quantitative estimate of drug-likeness (QED) is 0.0169. The molecule has 12 aliphatic rings. The fourth-order valence-corrected chi connectivity index (χ4v) is 18.3. The van der Waals surface area contributed by atoms with Gasteiger partial charge in [-0.2, -0.15) is 36.0 Å². The van der Waals surface area contributed by atoms with E-state index in [1.54, 1.807) is 48.2 Å². The first-order valence-electron chi connectivity index (χ1n) is 46.3. The molecule has 44 heteroatoms. The number of ether oxygens (including phenoxy) is 4. The predicted molar refractivity (Wildman–Crippen MR) is 495 cm³/mol. The number of hydrogen-bond donors (Lipinski definition) is 13.